The lowest BCUT2D eigenvalue weighted by molar-refractivity contribution is 0.0432. The molecule has 0 spiro atoms. The van der Waals surface area contributed by atoms with E-state index >= 15 is 0 Å². The van der Waals surface area contributed by atoms with Gasteiger partial charge in [-0.3, -0.25) is 0 Å². The topological polar surface area (TPSA) is 68.6 Å². The van der Waals surface area contributed by atoms with Crippen LogP contribution in [0.3, 0.4) is 0 Å². The van der Waals surface area contributed by atoms with Crippen LogP contribution in [0.25, 0.3) is 0 Å². The minimum Gasteiger partial charge on any atom is -0.467 e. The van der Waals surface area contributed by atoms with E-state index in [-0.39, 0.29) is 6.79 Å². The summed E-state index contributed by atoms with van der Waals surface area (Å²) >= 11 is 0. The molecule has 1 atom stereocenters. The van der Waals surface area contributed by atoms with Crippen molar-refractivity contribution in [3.05, 3.63) is 28.8 Å². The van der Waals surface area contributed by atoms with E-state index in [0.717, 1.165) is 5.56 Å². The summed E-state index contributed by atoms with van der Waals surface area (Å²) < 4.78 is 15.0. The van der Waals surface area contributed by atoms with Gasteiger partial charge in [0.1, 0.15) is 17.4 Å². The van der Waals surface area contributed by atoms with Crippen molar-refractivity contribution >= 4 is 5.97 Å². The monoisotopic (exact) mass is 233 g/mol. The number of benzene rings is 1. The molecule has 0 aromatic heterocycles. The maximum atomic E-state index is 11.6. The van der Waals surface area contributed by atoms with Crippen molar-refractivity contribution in [2.45, 2.75) is 13.0 Å². The summed E-state index contributed by atoms with van der Waals surface area (Å²) in [4.78, 5) is 11.6. The molecule has 17 heavy (non-hydrogen) atoms. The molecule has 0 fully saturated rings. The number of esters is 1. The standard InChI is InChI=1S/C12H11NO4/c1-7-3-8-10(5-13)17-12(14)11(8)9(4-7)16-6-15-2/h3-4,10H,6H2,1-2H3/t10-/m1/s1. The van der Waals surface area contributed by atoms with Crippen LogP contribution in [0.5, 0.6) is 5.75 Å². The molecule has 1 heterocycles. The van der Waals surface area contributed by atoms with Gasteiger partial charge < -0.3 is 14.2 Å². The molecule has 88 valence electrons. The van der Waals surface area contributed by atoms with Crippen molar-refractivity contribution in [3.63, 3.8) is 0 Å². The summed E-state index contributed by atoms with van der Waals surface area (Å²) in [5.74, 6) is -0.137. The van der Waals surface area contributed by atoms with Gasteiger partial charge in [-0.15, -0.1) is 0 Å². The number of aryl methyl sites for hydroxylation is 1. The number of cyclic esters (lactones) is 1. The number of hydrogen-bond donors (Lipinski definition) is 0. The fourth-order valence-corrected chi connectivity index (χ4v) is 1.77. The minimum absolute atomic E-state index is 0.0421. The molecule has 5 nitrogen and oxygen atoms in total. The molecular weight excluding hydrogens is 222 g/mol. The number of fused-ring (bicyclic) bond motifs is 1. The van der Waals surface area contributed by atoms with Crippen molar-refractivity contribution < 1.29 is 19.0 Å². The van der Waals surface area contributed by atoms with E-state index in [1.165, 1.54) is 7.11 Å². The maximum Gasteiger partial charge on any atom is 0.344 e. The average Bonchev–Trinajstić information content (AvgIpc) is 2.62. The zero-order valence-electron chi connectivity index (χ0n) is 9.52. The molecule has 0 saturated heterocycles. The zero-order chi connectivity index (χ0) is 12.4. The lowest BCUT2D eigenvalue weighted by Gasteiger charge is -2.09. The van der Waals surface area contributed by atoms with Crippen LogP contribution in [0, 0.1) is 18.3 Å². The molecule has 1 aromatic rings. The van der Waals surface area contributed by atoms with Crippen LogP contribution in [0.1, 0.15) is 27.6 Å². The fourth-order valence-electron chi connectivity index (χ4n) is 1.77. The number of ether oxygens (including phenoxy) is 3. The lowest BCUT2D eigenvalue weighted by atomic mass is 10.0. The van der Waals surface area contributed by atoms with Crippen LogP contribution in [-0.4, -0.2) is 19.9 Å². The van der Waals surface area contributed by atoms with Crippen LogP contribution in [0.2, 0.25) is 0 Å². The van der Waals surface area contributed by atoms with Gasteiger partial charge in [0.25, 0.3) is 0 Å². The smallest absolute Gasteiger partial charge is 0.344 e. The molecule has 0 aliphatic carbocycles. The fraction of sp³-hybridized carbons (Fsp3) is 0.333. The Balaban J connectivity index is 2.49. The number of rotatable bonds is 3. The lowest BCUT2D eigenvalue weighted by Crippen LogP contribution is -2.04. The summed E-state index contributed by atoms with van der Waals surface area (Å²) in [5, 5.41) is 8.90. The van der Waals surface area contributed by atoms with Gasteiger partial charge in [-0.05, 0) is 18.6 Å². The van der Waals surface area contributed by atoms with Gasteiger partial charge in [-0.25, -0.2) is 4.79 Å². The molecule has 1 aliphatic rings. The van der Waals surface area contributed by atoms with E-state index in [2.05, 4.69) is 0 Å². The Morgan fingerprint density at radius 2 is 2.29 bits per heavy atom. The largest absolute Gasteiger partial charge is 0.467 e. The highest BCUT2D eigenvalue weighted by molar-refractivity contribution is 5.97. The predicted molar refractivity (Wildman–Crippen MR) is 57.5 cm³/mol. The van der Waals surface area contributed by atoms with Crippen LogP contribution in [0.15, 0.2) is 12.1 Å². The normalized spacial score (nSPS) is 17.2. The molecular formula is C12H11NO4. The quantitative estimate of drug-likeness (QED) is 0.587. The van der Waals surface area contributed by atoms with Gasteiger partial charge in [0.15, 0.2) is 6.79 Å². The van der Waals surface area contributed by atoms with E-state index in [4.69, 9.17) is 19.5 Å². The molecule has 2 rings (SSSR count). The molecule has 0 unspecified atom stereocenters. The predicted octanol–water partition coefficient (Wildman–Crippen LogP) is 1.71. The van der Waals surface area contributed by atoms with Crippen molar-refractivity contribution in [3.8, 4) is 11.8 Å². The van der Waals surface area contributed by atoms with Gasteiger partial charge in [0.2, 0.25) is 6.10 Å². The second kappa shape index (κ2) is 4.44. The highest BCUT2D eigenvalue weighted by atomic mass is 16.7. The van der Waals surface area contributed by atoms with Gasteiger partial charge in [-0.1, -0.05) is 6.07 Å². The van der Waals surface area contributed by atoms with Crippen LogP contribution >= 0.6 is 0 Å². The maximum absolute atomic E-state index is 11.6. The zero-order valence-corrected chi connectivity index (χ0v) is 9.52. The minimum atomic E-state index is -0.845. The summed E-state index contributed by atoms with van der Waals surface area (Å²) in [7, 11) is 1.49. The van der Waals surface area contributed by atoms with Crippen molar-refractivity contribution in [1.29, 1.82) is 5.26 Å². The first-order valence-corrected chi connectivity index (χ1v) is 5.04. The Bertz CT molecular complexity index is 504. The molecule has 0 N–H and O–H groups in total. The van der Waals surface area contributed by atoms with E-state index in [0.29, 0.717) is 16.9 Å². The summed E-state index contributed by atoms with van der Waals surface area (Å²) in [6.45, 7) is 1.90. The second-order valence-corrected chi connectivity index (χ2v) is 3.69. The van der Waals surface area contributed by atoms with E-state index < -0.39 is 12.1 Å². The third-order valence-corrected chi connectivity index (χ3v) is 2.44. The van der Waals surface area contributed by atoms with Crippen molar-refractivity contribution in [2.75, 3.05) is 13.9 Å². The van der Waals surface area contributed by atoms with E-state index in [9.17, 15) is 4.79 Å². The summed E-state index contributed by atoms with van der Waals surface area (Å²) in [5.41, 5.74) is 1.77. The Morgan fingerprint density at radius 1 is 1.53 bits per heavy atom. The first kappa shape index (κ1) is 11.4. The Kier molecular flexibility index (Phi) is 2.98. The molecule has 0 amide bonds. The summed E-state index contributed by atoms with van der Waals surface area (Å²) in [6.07, 6.45) is -0.845. The van der Waals surface area contributed by atoms with Crippen molar-refractivity contribution in [1.82, 2.24) is 0 Å². The second-order valence-electron chi connectivity index (χ2n) is 3.69. The molecule has 1 aromatic carbocycles. The molecule has 5 heteroatoms. The van der Waals surface area contributed by atoms with Crippen LogP contribution in [0.4, 0.5) is 0 Å². The van der Waals surface area contributed by atoms with Gasteiger partial charge in [0.05, 0.1) is 0 Å². The van der Waals surface area contributed by atoms with Crippen LogP contribution < -0.4 is 4.74 Å². The highest BCUT2D eigenvalue weighted by Crippen LogP contribution is 2.37. The van der Waals surface area contributed by atoms with Crippen LogP contribution in [-0.2, 0) is 9.47 Å². The third-order valence-electron chi connectivity index (χ3n) is 2.44. The molecule has 0 radical (unpaired) electrons. The van der Waals surface area contributed by atoms with E-state index in [1.807, 2.05) is 13.0 Å². The van der Waals surface area contributed by atoms with Gasteiger partial charge in [-0.2, -0.15) is 5.26 Å². The number of hydrogen-bond acceptors (Lipinski definition) is 5. The van der Waals surface area contributed by atoms with Gasteiger partial charge in [0, 0.05) is 12.7 Å². The highest BCUT2D eigenvalue weighted by Gasteiger charge is 2.34. The average molecular weight is 233 g/mol. The third kappa shape index (κ3) is 1.95. The Labute approximate surface area is 98.5 Å². The number of carbonyl (C=O) groups is 1. The molecule has 0 bridgehead atoms. The Hall–Kier alpha value is -2.06. The summed E-state index contributed by atoms with van der Waals surface area (Å²) in [6, 6.07) is 5.41. The number of carbonyl (C=O) groups excluding carboxylic acids is 1. The number of nitrogens with zero attached hydrogens (tertiary/aromatic N) is 1. The number of methoxy groups -OCH3 is 1. The van der Waals surface area contributed by atoms with E-state index in [1.54, 1.807) is 12.1 Å². The number of nitriles is 1. The SMILES string of the molecule is COCOc1cc(C)cc2c1C(=O)O[C@@H]2C#N. The Morgan fingerprint density at radius 3 is 2.94 bits per heavy atom. The molecule has 0 saturated carbocycles. The first-order chi connectivity index (χ1) is 8.17. The molecule has 1 aliphatic heterocycles. The first-order valence-electron chi connectivity index (χ1n) is 5.04. The van der Waals surface area contributed by atoms with Gasteiger partial charge >= 0.3 is 5.97 Å². The van der Waals surface area contributed by atoms with Crippen molar-refractivity contribution in [2.24, 2.45) is 0 Å².